The van der Waals surface area contributed by atoms with Gasteiger partial charge in [0.25, 0.3) is 0 Å². The fourth-order valence-corrected chi connectivity index (χ4v) is 1.72. The predicted octanol–water partition coefficient (Wildman–Crippen LogP) is 1.64. The highest BCUT2D eigenvalue weighted by molar-refractivity contribution is 5.14. The van der Waals surface area contributed by atoms with Crippen LogP contribution in [0.2, 0.25) is 0 Å². The van der Waals surface area contributed by atoms with Gasteiger partial charge in [0.1, 0.15) is 6.10 Å². The molecule has 1 unspecified atom stereocenters. The molecule has 1 aliphatic carbocycles. The van der Waals surface area contributed by atoms with Crippen LogP contribution in [0.4, 0.5) is 0 Å². The number of aromatic nitrogens is 2. The van der Waals surface area contributed by atoms with E-state index in [0.717, 1.165) is 30.6 Å². The summed E-state index contributed by atoms with van der Waals surface area (Å²) in [6.07, 6.45) is 3.90. The third-order valence-corrected chi connectivity index (χ3v) is 2.91. The van der Waals surface area contributed by atoms with E-state index in [1.54, 1.807) is 4.68 Å². The van der Waals surface area contributed by atoms with Gasteiger partial charge in [0.05, 0.1) is 5.69 Å². The Morgan fingerprint density at radius 2 is 2.38 bits per heavy atom. The van der Waals surface area contributed by atoms with E-state index in [1.165, 1.54) is 12.8 Å². The first kappa shape index (κ1) is 11.5. The number of aryl methyl sites for hydroxylation is 2. The fraction of sp³-hybridized carbons (Fsp3) is 0.750. The van der Waals surface area contributed by atoms with E-state index in [2.05, 4.69) is 17.3 Å². The summed E-state index contributed by atoms with van der Waals surface area (Å²) < 4.78 is 7.73. The van der Waals surface area contributed by atoms with Gasteiger partial charge in [0.15, 0.2) is 0 Å². The average molecular weight is 223 g/mol. The van der Waals surface area contributed by atoms with E-state index in [1.807, 2.05) is 20.0 Å². The number of ether oxygens (including phenoxy) is 1. The van der Waals surface area contributed by atoms with Gasteiger partial charge in [-0.2, -0.15) is 5.10 Å². The lowest BCUT2D eigenvalue weighted by Gasteiger charge is -2.17. The van der Waals surface area contributed by atoms with Gasteiger partial charge < -0.3 is 10.1 Å². The van der Waals surface area contributed by atoms with Crippen molar-refractivity contribution in [3.63, 3.8) is 0 Å². The normalized spacial score (nSPS) is 17.4. The zero-order chi connectivity index (χ0) is 11.5. The molecular weight excluding hydrogens is 202 g/mol. The average Bonchev–Trinajstić information content (AvgIpc) is 3.01. The molecule has 2 rings (SSSR count). The van der Waals surface area contributed by atoms with Crippen molar-refractivity contribution in [2.45, 2.75) is 45.3 Å². The molecule has 0 saturated heterocycles. The van der Waals surface area contributed by atoms with Gasteiger partial charge in [-0.15, -0.1) is 0 Å². The van der Waals surface area contributed by atoms with E-state index >= 15 is 0 Å². The summed E-state index contributed by atoms with van der Waals surface area (Å²) in [6, 6.07) is 2.73. The van der Waals surface area contributed by atoms with Crippen molar-refractivity contribution in [3.8, 4) is 5.88 Å². The quantitative estimate of drug-likeness (QED) is 0.797. The molecule has 0 bridgehead atoms. The first-order chi connectivity index (χ1) is 7.69. The van der Waals surface area contributed by atoms with Crippen LogP contribution in [0, 0.1) is 6.92 Å². The molecule has 1 saturated carbocycles. The summed E-state index contributed by atoms with van der Waals surface area (Å²) in [4.78, 5) is 0. The summed E-state index contributed by atoms with van der Waals surface area (Å²) in [5.74, 6) is 0.863. The Bertz CT molecular complexity index is 344. The van der Waals surface area contributed by atoms with Crippen molar-refractivity contribution >= 4 is 0 Å². The second-order valence-corrected chi connectivity index (χ2v) is 4.58. The highest BCUT2D eigenvalue weighted by Gasteiger charge is 2.22. The highest BCUT2D eigenvalue weighted by atomic mass is 16.5. The molecule has 16 heavy (non-hydrogen) atoms. The first-order valence-corrected chi connectivity index (χ1v) is 6.09. The van der Waals surface area contributed by atoms with Crippen LogP contribution in [0.3, 0.4) is 0 Å². The lowest BCUT2D eigenvalue weighted by atomic mass is 10.3. The molecule has 1 aromatic heterocycles. The zero-order valence-corrected chi connectivity index (χ0v) is 10.4. The van der Waals surface area contributed by atoms with E-state index in [4.69, 9.17) is 4.74 Å². The van der Waals surface area contributed by atoms with Gasteiger partial charge >= 0.3 is 0 Å². The van der Waals surface area contributed by atoms with E-state index in [9.17, 15) is 0 Å². The molecule has 90 valence electrons. The Hall–Kier alpha value is -1.03. The summed E-state index contributed by atoms with van der Waals surface area (Å²) in [7, 11) is 1.92. The minimum absolute atomic E-state index is 0.246. The molecule has 0 spiro atoms. The smallest absolute Gasteiger partial charge is 0.212 e. The van der Waals surface area contributed by atoms with E-state index < -0.39 is 0 Å². The molecule has 1 N–H and O–H groups in total. The molecule has 1 aliphatic rings. The van der Waals surface area contributed by atoms with Gasteiger partial charge in [-0.1, -0.05) is 6.92 Å². The van der Waals surface area contributed by atoms with Gasteiger partial charge in [-0.25, -0.2) is 4.68 Å². The Labute approximate surface area is 97.0 Å². The van der Waals surface area contributed by atoms with Crippen LogP contribution in [-0.2, 0) is 7.05 Å². The molecule has 1 atom stereocenters. The van der Waals surface area contributed by atoms with Crippen molar-refractivity contribution in [3.05, 3.63) is 11.8 Å². The maximum absolute atomic E-state index is 5.93. The summed E-state index contributed by atoms with van der Waals surface area (Å²) in [6.45, 7) is 5.07. The summed E-state index contributed by atoms with van der Waals surface area (Å²) >= 11 is 0. The monoisotopic (exact) mass is 223 g/mol. The molecule has 1 fully saturated rings. The van der Waals surface area contributed by atoms with Gasteiger partial charge in [0.2, 0.25) is 5.88 Å². The number of hydrogen-bond acceptors (Lipinski definition) is 3. The lowest BCUT2D eigenvalue weighted by molar-refractivity contribution is 0.177. The largest absolute Gasteiger partial charge is 0.473 e. The number of rotatable bonds is 6. The van der Waals surface area contributed by atoms with Crippen molar-refractivity contribution in [1.82, 2.24) is 15.1 Å². The second-order valence-electron chi connectivity index (χ2n) is 4.58. The van der Waals surface area contributed by atoms with Crippen molar-refractivity contribution in [1.29, 1.82) is 0 Å². The van der Waals surface area contributed by atoms with Crippen molar-refractivity contribution in [2.75, 3.05) is 6.54 Å². The lowest BCUT2D eigenvalue weighted by Crippen LogP contribution is -2.32. The first-order valence-electron chi connectivity index (χ1n) is 6.09. The fourth-order valence-electron chi connectivity index (χ4n) is 1.72. The number of hydrogen-bond donors (Lipinski definition) is 1. The third-order valence-electron chi connectivity index (χ3n) is 2.91. The Balaban J connectivity index is 1.86. The SMILES string of the molecule is CCC(CNC1CC1)Oc1cc(C)nn1C. The molecule has 4 heteroatoms. The van der Waals surface area contributed by atoms with Crippen LogP contribution < -0.4 is 10.1 Å². The van der Waals surface area contributed by atoms with Gasteiger partial charge in [0, 0.05) is 25.7 Å². The predicted molar refractivity (Wildman–Crippen MR) is 63.7 cm³/mol. The minimum atomic E-state index is 0.246. The van der Waals surface area contributed by atoms with Crippen molar-refractivity contribution < 1.29 is 4.74 Å². The number of nitrogens with zero attached hydrogens (tertiary/aromatic N) is 2. The van der Waals surface area contributed by atoms with Crippen LogP contribution in [0.5, 0.6) is 5.88 Å². The van der Waals surface area contributed by atoms with Crippen LogP contribution >= 0.6 is 0 Å². The topological polar surface area (TPSA) is 39.1 Å². The summed E-state index contributed by atoms with van der Waals surface area (Å²) in [5, 5.41) is 7.78. The molecule has 1 heterocycles. The van der Waals surface area contributed by atoms with Crippen LogP contribution in [0.1, 0.15) is 31.9 Å². The summed E-state index contributed by atoms with van der Waals surface area (Å²) in [5.41, 5.74) is 1.00. The Morgan fingerprint density at radius 1 is 1.62 bits per heavy atom. The number of nitrogens with one attached hydrogen (secondary N) is 1. The molecule has 4 nitrogen and oxygen atoms in total. The molecule has 0 aromatic carbocycles. The molecule has 0 amide bonds. The molecule has 0 aliphatic heterocycles. The van der Waals surface area contributed by atoms with Crippen LogP contribution in [-0.4, -0.2) is 28.5 Å². The van der Waals surface area contributed by atoms with E-state index in [-0.39, 0.29) is 6.10 Å². The maximum atomic E-state index is 5.93. The van der Waals surface area contributed by atoms with Crippen LogP contribution in [0.25, 0.3) is 0 Å². The highest BCUT2D eigenvalue weighted by Crippen LogP contribution is 2.19. The minimum Gasteiger partial charge on any atom is -0.473 e. The van der Waals surface area contributed by atoms with Crippen LogP contribution in [0.15, 0.2) is 6.07 Å². The third kappa shape index (κ3) is 2.98. The van der Waals surface area contributed by atoms with Gasteiger partial charge in [-0.05, 0) is 26.2 Å². The maximum Gasteiger partial charge on any atom is 0.212 e. The molecular formula is C12H21N3O. The Morgan fingerprint density at radius 3 is 2.88 bits per heavy atom. The van der Waals surface area contributed by atoms with Gasteiger partial charge in [-0.3, -0.25) is 0 Å². The van der Waals surface area contributed by atoms with E-state index in [0.29, 0.717) is 0 Å². The second kappa shape index (κ2) is 4.87. The molecule has 1 aromatic rings. The van der Waals surface area contributed by atoms with Crippen molar-refractivity contribution in [2.24, 2.45) is 7.05 Å². The zero-order valence-electron chi connectivity index (χ0n) is 10.4. The molecule has 0 radical (unpaired) electrons. The Kier molecular flexibility index (Phi) is 3.49. The standard InChI is InChI=1S/C12H21N3O/c1-4-11(8-13-10-5-6-10)16-12-7-9(2)14-15(12)3/h7,10-11,13H,4-6,8H2,1-3H3.